The van der Waals surface area contributed by atoms with E-state index in [4.69, 9.17) is 16.3 Å². The Labute approximate surface area is 146 Å². The Bertz CT molecular complexity index is 734. The van der Waals surface area contributed by atoms with Crippen LogP contribution in [0.3, 0.4) is 0 Å². The summed E-state index contributed by atoms with van der Waals surface area (Å²) in [6.07, 6.45) is 0. The van der Waals surface area contributed by atoms with E-state index in [1.807, 2.05) is 25.1 Å². The number of methoxy groups -OCH3 is 1. The molecular formula is C18H19ClN2O3. The van der Waals surface area contributed by atoms with Crippen LogP contribution in [0, 0.1) is 0 Å². The first-order valence-electron chi connectivity index (χ1n) is 7.48. The molecule has 0 aliphatic rings. The van der Waals surface area contributed by atoms with E-state index in [2.05, 4.69) is 10.6 Å². The number of rotatable bonds is 6. The molecule has 2 aromatic carbocycles. The lowest BCUT2D eigenvalue weighted by Gasteiger charge is -2.16. The highest BCUT2D eigenvalue weighted by Crippen LogP contribution is 2.22. The second kappa shape index (κ2) is 8.36. The summed E-state index contributed by atoms with van der Waals surface area (Å²) >= 11 is 6.11. The third-order valence-corrected chi connectivity index (χ3v) is 3.85. The molecule has 2 rings (SSSR count). The molecular weight excluding hydrogens is 328 g/mol. The second-order valence-electron chi connectivity index (χ2n) is 5.19. The fourth-order valence-corrected chi connectivity index (χ4v) is 2.58. The predicted molar refractivity (Wildman–Crippen MR) is 93.3 cm³/mol. The van der Waals surface area contributed by atoms with Gasteiger partial charge < -0.3 is 15.4 Å². The third-order valence-electron chi connectivity index (χ3n) is 3.51. The number of halogens is 1. The van der Waals surface area contributed by atoms with Gasteiger partial charge in [-0.05, 0) is 30.7 Å². The lowest BCUT2D eigenvalue weighted by atomic mass is 10.1. The molecule has 0 fully saturated rings. The van der Waals surface area contributed by atoms with Crippen LogP contribution in [0.5, 0.6) is 5.75 Å². The minimum Gasteiger partial charge on any atom is -0.496 e. The first-order valence-corrected chi connectivity index (χ1v) is 7.85. The topological polar surface area (TPSA) is 67.4 Å². The molecule has 6 heteroatoms. The van der Waals surface area contributed by atoms with Gasteiger partial charge in [-0.2, -0.15) is 0 Å². The monoisotopic (exact) mass is 346 g/mol. The minimum absolute atomic E-state index is 0.133. The molecule has 0 saturated heterocycles. The van der Waals surface area contributed by atoms with Crippen molar-refractivity contribution < 1.29 is 14.3 Å². The van der Waals surface area contributed by atoms with Crippen molar-refractivity contribution in [1.29, 1.82) is 0 Å². The van der Waals surface area contributed by atoms with Crippen LogP contribution in [0.25, 0.3) is 0 Å². The highest BCUT2D eigenvalue weighted by molar-refractivity contribution is 6.31. The maximum atomic E-state index is 12.1. The van der Waals surface area contributed by atoms with Gasteiger partial charge in [0.2, 0.25) is 5.91 Å². The molecule has 0 unspecified atom stereocenters. The number of ether oxygens (including phenoxy) is 1. The zero-order chi connectivity index (χ0) is 17.5. The van der Waals surface area contributed by atoms with Crippen LogP contribution in [0.1, 0.15) is 28.9 Å². The maximum Gasteiger partial charge on any atom is 0.255 e. The molecule has 0 heterocycles. The summed E-state index contributed by atoms with van der Waals surface area (Å²) in [5.74, 6) is -0.210. The summed E-state index contributed by atoms with van der Waals surface area (Å²) in [6.45, 7) is 1.70. The van der Waals surface area contributed by atoms with E-state index in [0.29, 0.717) is 16.3 Å². The van der Waals surface area contributed by atoms with E-state index < -0.39 is 0 Å². The Morgan fingerprint density at radius 1 is 1.12 bits per heavy atom. The van der Waals surface area contributed by atoms with Gasteiger partial charge in [-0.1, -0.05) is 41.9 Å². The molecule has 24 heavy (non-hydrogen) atoms. The zero-order valence-electron chi connectivity index (χ0n) is 13.5. The first kappa shape index (κ1) is 17.8. The van der Waals surface area contributed by atoms with Crippen LogP contribution < -0.4 is 15.4 Å². The number of para-hydroxylation sites is 1. The van der Waals surface area contributed by atoms with E-state index in [9.17, 15) is 9.59 Å². The van der Waals surface area contributed by atoms with Crippen molar-refractivity contribution in [3.05, 3.63) is 64.7 Å². The molecule has 1 atom stereocenters. The van der Waals surface area contributed by atoms with E-state index in [1.165, 1.54) is 7.11 Å². The Morgan fingerprint density at radius 3 is 2.50 bits per heavy atom. The molecule has 2 amide bonds. The van der Waals surface area contributed by atoms with Crippen molar-refractivity contribution >= 4 is 23.4 Å². The number of hydrogen-bond donors (Lipinski definition) is 2. The van der Waals surface area contributed by atoms with E-state index in [0.717, 1.165) is 5.56 Å². The molecule has 0 aliphatic heterocycles. The molecule has 126 valence electrons. The molecule has 2 N–H and O–H groups in total. The lowest BCUT2D eigenvalue weighted by molar-refractivity contribution is -0.120. The molecule has 2 aromatic rings. The summed E-state index contributed by atoms with van der Waals surface area (Å²) < 4.78 is 5.13. The van der Waals surface area contributed by atoms with Crippen LogP contribution in [0.15, 0.2) is 48.5 Å². The molecule has 0 bridgehead atoms. The Kier molecular flexibility index (Phi) is 6.21. The number of carbonyl (C=O) groups excluding carboxylic acids is 2. The van der Waals surface area contributed by atoms with Gasteiger partial charge in [0.1, 0.15) is 5.75 Å². The van der Waals surface area contributed by atoms with E-state index >= 15 is 0 Å². The standard InChI is InChI=1S/C18H19ClN2O3/c1-12(13-7-3-5-9-15(13)19)21-17(22)11-20-18(23)14-8-4-6-10-16(14)24-2/h3-10,12H,11H2,1-2H3,(H,20,23)(H,21,22)/t12-/m1/s1. The molecule has 0 saturated carbocycles. The first-order chi connectivity index (χ1) is 11.5. The van der Waals surface area contributed by atoms with Gasteiger partial charge in [0, 0.05) is 5.02 Å². The summed E-state index contributed by atoms with van der Waals surface area (Å²) in [4.78, 5) is 24.2. The Morgan fingerprint density at radius 2 is 1.79 bits per heavy atom. The van der Waals surface area contributed by atoms with Crippen LogP contribution in [0.2, 0.25) is 5.02 Å². The molecule has 0 radical (unpaired) electrons. The summed E-state index contributed by atoms with van der Waals surface area (Å²) in [5.41, 5.74) is 1.20. The molecule has 0 spiro atoms. The summed E-state index contributed by atoms with van der Waals surface area (Å²) in [5, 5.41) is 5.97. The van der Waals surface area contributed by atoms with Crippen molar-refractivity contribution in [2.75, 3.05) is 13.7 Å². The summed E-state index contributed by atoms with van der Waals surface area (Å²) in [7, 11) is 1.49. The molecule has 0 aliphatic carbocycles. The minimum atomic E-state index is -0.368. The Hall–Kier alpha value is -2.53. The number of amides is 2. The van der Waals surface area contributed by atoms with Gasteiger partial charge in [-0.3, -0.25) is 9.59 Å². The fraction of sp³-hybridized carbons (Fsp3) is 0.222. The van der Waals surface area contributed by atoms with Crippen LogP contribution in [-0.2, 0) is 4.79 Å². The maximum absolute atomic E-state index is 12.1. The van der Waals surface area contributed by atoms with Crippen molar-refractivity contribution in [1.82, 2.24) is 10.6 Å². The largest absolute Gasteiger partial charge is 0.496 e. The fourth-order valence-electron chi connectivity index (χ4n) is 2.28. The average molecular weight is 347 g/mol. The van der Waals surface area contributed by atoms with Gasteiger partial charge in [0.05, 0.1) is 25.3 Å². The number of carbonyl (C=O) groups is 2. The van der Waals surface area contributed by atoms with Crippen molar-refractivity contribution in [2.45, 2.75) is 13.0 Å². The lowest BCUT2D eigenvalue weighted by Crippen LogP contribution is -2.38. The third kappa shape index (κ3) is 4.49. The van der Waals surface area contributed by atoms with Gasteiger partial charge in [-0.15, -0.1) is 0 Å². The van der Waals surface area contributed by atoms with Crippen LogP contribution in [-0.4, -0.2) is 25.5 Å². The molecule has 0 aromatic heterocycles. The van der Waals surface area contributed by atoms with Crippen LogP contribution in [0.4, 0.5) is 0 Å². The second-order valence-corrected chi connectivity index (χ2v) is 5.60. The van der Waals surface area contributed by atoms with Gasteiger partial charge in [0.25, 0.3) is 5.91 Å². The zero-order valence-corrected chi connectivity index (χ0v) is 14.3. The van der Waals surface area contributed by atoms with Crippen molar-refractivity contribution in [2.24, 2.45) is 0 Å². The van der Waals surface area contributed by atoms with E-state index in [1.54, 1.807) is 30.3 Å². The van der Waals surface area contributed by atoms with Gasteiger partial charge in [-0.25, -0.2) is 0 Å². The average Bonchev–Trinajstić information content (AvgIpc) is 2.59. The highest BCUT2D eigenvalue weighted by atomic mass is 35.5. The normalized spacial score (nSPS) is 11.5. The number of benzene rings is 2. The number of nitrogens with one attached hydrogen (secondary N) is 2. The smallest absolute Gasteiger partial charge is 0.255 e. The predicted octanol–water partition coefficient (Wildman–Crippen LogP) is 2.96. The van der Waals surface area contributed by atoms with Gasteiger partial charge in [0.15, 0.2) is 0 Å². The molecule has 5 nitrogen and oxygen atoms in total. The highest BCUT2D eigenvalue weighted by Gasteiger charge is 2.15. The quantitative estimate of drug-likeness (QED) is 0.845. The number of hydrogen-bond acceptors (Lipinski definition) is 3. The van der Waals surface area contributed by atoms with Gasteiger partial charge >= 0.3 is 0 Å². The van der Waals surface area contributed by atoms with Crippen molar-refractivity contribution in [3.8, 4) is 5.75 Å². The SMILES string of the molecule is COc1ccccc1C(=O)NCC(=O)N[C@H](C)c1ccccc1Cl. The van der Waals surface area contributed by atoms with Crippen molar-refractivity contribution in [3.63, 3.8) is 0 Å². The van der Waals surface area contributed by atoms with Crippen LogP contribution >= 0.6 is 11.6 Å². The van der Waals surface area contributed by atoms with E-state index in [-0.39, 0.29) is 24.4 Å². The summed E-state index contributed by atoms with van der Waals surface area (Å²) in [6, 6.07) is 13.9. The Balaban J connectivity index is 1.91.